The molecule has 0 aliphatic rings. The van der Waals surface area contributed by atoms with Crippen LogP contribution in [-0.2, 0) is 13.0 Å². The van der Waals surface area contributed by atoms with E-state index in [0.29, 0.717) is 12.5 Å². The Kier molecular flexibility index (Phi) is 3.32. The predicted molar refractivity (Wildman–Crippen MR) is 76.4 cm³/mol. The van der Waals surface area contributed by atoms with Crippen LogP contribution in [0.1, 0.15) is 24.7 Å². The van der Waals surface area contributed by atoms with E-state index in [4.69, 9.17) is 0 Å². The number of anilines is 1. The van der Waals surface area contributed by atoms with Gasteiger partial charge in [0.2, 0.25) is 5.95 Å². The van der Waals surface area contributed by atoms with E-state index in [0.717, 1.165) is 35.3 Å². The zero-order chi connectivity index (χ0) is 13.9. The molecule has 0 aliphatic carbocycles. The number of hydrogen-bond acceptors (Lipinski definition) is 5. The van der Waals surface area contributed by atoms with Gasteiger partial charge in [0, 0.05) is 13.2 Å². The molecule has 0 saturated heterocycles. The Bertz CT molecular complexity index is 699. The van der Waals surface area contributed by atoms with Crippen molar-refractivity contribution in [1.82, 2.24) is 30.4 Å². The van der Waals surface area contributed by atoms with Crippen molar-refractivity contribution in [2.24, 2.45) is 0 Å². The van der Waals surface area contributed by atoms with E-state index >= 15 is 0 Å². The molecule has 0 aromatic carbocycles. The van der Waals surface area contributed by atoms with Gasteiger partial charge in [0.15, 0.2) is 5.65 Å². The number of nitrogens with zero attached hydrogens (tertiary/aromatic N) is 5. The van der Waals surface area contributed by atoms with Gasteiger partial charge in [-0.15, -0.1) is 0 Å². The normalized spacial score (nSPS) is 11.1. The third kappa shape index (κ3) is 2.47. The van der Waals surface area contributed by atoms with Gasteiger partial charge in [-0.1, -0.05) is 13.3 Å². The first-order valence-corrected chi connectivity index (χ1v) is 6.66. The van der Waals surface area contributed by atoms with Gasteiger partial charge < -0.3 is 4.90 Å². The number of nitrogens with one attached hydrogen (secondary N) is 2. The average molecular weight is 271 g/mol. The van der Waals surface area contributed by atoms with E-state index in [-0.39, 0.29) is 0 Å². The monoisotopic (exact) mass is 271 g/mol. The van der Waals surface area contributed by atoms with E-state index in [1.165, 1.54) is 0 Å². The molecular formula is C13H17N7. The lowest BCUT2D eigenvalue weighted by molar-refractivity contribution is 0.827. The number of rotatable bonds is 5. The number of aryl methyl sites for hydroxylation is 1. The first-order valence-electron chi connectivity index (χ1n) is 6.66. The van der Waals surface area contributed by atoms with Crippen LogP contribution in [0.15, 0.2) is 18.5 Å². The van der Waals surface area contributed by atoms with E-state index in [1.54, 1.807) is 12.4 Å². The van der Waals surface area contributed by atoms with Crippen molar-refractivity contribution in [2.75, 3.05) is 11.9 Å². The molecule has 3 heterocycles. The summed E-state index contributed by atoms with van der Waals surface area (Å²) in [5, 5.41) is 15.1. The molecule has 0 radical (unpaired) electrons. The second-order valence-electron chi connectivity index (χ2n) is 4.83. The number of hydrogen-bond donors (Lipinski definition) is 2. The minimum absolute atomic E-state index is 0.661. The molecule has 0 unspecified atom stereocenters. The second kappa shape index (κ2) is 5.28. The van der Waals surface area contributed by atoms with Gasteiger partial charge in [0.05, 0.1) is 29.5 Å². The zero-order valence-corrected chi connectivity index (χ0v) is 11.6. The summed E-state index contributed by atoms with van der Waals surface area (Å²) in [6, 6.07) is 2.09. The van der Waals surface area contributed by atoms with Crippen molar-refractivity contribution in [2.45, 2.75) is 26.3 Å². The molecule has 0 fully saturated rings. The molecule has 2 N–H and O–H groups in total. The Hall–Kier alpha value is -2.44. The molecule has 0 saturated carbocycles. The summed E-state index contributed by atoms with van der Waals surface area (Å²) < 4.78 is 0. The highest BCUT2D eigenvalue weighted by atomic mass is 15.3. The van der Waals surface area contributed by atoms with E-state index in [2.05, 4.69) is 43.4 Å². The molecule has 0 aliphatic heterocycles. The van der Waals surface area contributed by atoms with Gasteiger partial charge >= 0.3 is 0 Å². The zero-order valence-electron chi connectivity index (χ0n) is 11.6. The lowest BCUT2D eigenvalue weighted by Gasteiger charge is -2.15. The Morgan fingerprint density at radius 3 is 3.00 bits per heavy atom. The van der Waals surface area contributed by atoms with E-state index < -0.39 is 0 Å². The number of H-pyrrole nitrogens is 2. The summed E-state index contributed by atoms with van der Waals surface area (Å²) in [6.07, 6.45) is 5.58. The molecule has 3 rings (SSSR count). The molecule has 0 spiro atoms. The largest absolute Gasteiger partial charge is 0.338 e. The van der Waals surface area contributed by atoms with Crippen molar-refractivity contribution in [1.29, 1.82) is 0 Å². The smallest absolute Gasteiger partial charge is 0.227 e. The minimum atomic E-state index is 0.661. The third-order valence-electron chi connectivity index (χ3n) is 3.12. The molecule has 0 amide bonds. The van der Waals surface area contributed by atoms with Crippen LogP contribution < -0.4 is 4.90 Å². The SMILES string of the molecule is CCCc1cc(CN(C)c2ncc3cn[nH]c3n2)[nH]n1. The molecule has 3 aromatic heterocycles. The predicted octanol–water partition coefficient (Wildman–Crippen LogP) is 1.66. The Labute approximate surface area is 116 Å². The summed E-state index contributed by atoms with van der Waals surface area (Å²) >= 11 is 0. The van der Waals surface area contributed by atoms with Crippen LogP contribution >= 0.6 is 0 Å². The van der Waals surface area contributed by atoms with Crippen LogP contribution in [0.25, 0.3) is 11.0 Å². The van der Waals surface area contributed by atoms with E-state index in [1.807, 2.05) is 11.9 Å². The summed E-state index contributed by atoms with van der Waals surface area (Å²) in [5.41, 5.74) is 2.91. The second-order valence-corrected chi connectivity index (χ2v) is 4.83. The molecular weight excluding hydrogens is 254 g/mol. The quantitative estimate of drug-likeness (QED) is 0.737. The summed E-state index contributed by atoms with van der Waals surface area (Å²) in [6.45, 7) is 2.84. The van der Waals surface area contributed by atoms with Gasteiger partial charge in [0.25, 0.3) is 0 Å². The van der Waals surface area contributed by atoms with Crippen LogP contribution in [0.4, 0.5) is 5.95 Å². The molecule has 20 heavy (non-hydrogen) atoms. The highest BCUT2D eigenvalue weighted by Gasteiger charge is 2.09. The van der Waals surface area contributed by atoms with Crippen molar-refractivity contribution in [3.8, 4) is 0 Å². The highest BCUT2D eigenvalue weighted by molar-refractivity contribution is 5.73. The molecule has 104 valence electrons. The van der Waals surface area contributed by atoms with Gasteiger partial charge in [-0.2, -0.15) is 15.2 Å². The van der Waals surface area contributed by atoms with Crippen molar-refractivity contribution in [3.05, 3.63) is 29.8 Å². The fourth-order valence-electron chi connectivity index (χ4n) is 2.11. The minimum Gasteiger partial charge on any atom is -0.338 e. The Morgan fingerprint density at radius 2 is 2.15 bits per heavy atom. The fourth-order valence-corrected chi connectivity index (χ4v) is 2.11. The van der Waals surface area contributed by atoms with Crippen LogP contribution in [0.3, 0.4) is 0 Å². The number of aromatic nitrogens is 6. The topological polar surface area (TPSA) is 86.4 Å². The van der Waals surface area contributed by atoms with Crippen LogP contribution in [0.5, 0.6) is 0 Å². The standard InChI is InChI=1S/C13H17N7/c1-3-4-10-5-11(18-17-10)8-20(2)13-14-6-9-7-15-19-12(9)16-13/h5-7H,3-4,8H2,1-2H3,(H,17,18)(H,14,15,16,19). The first-order chi connectivity index (χ1) is 9.76. The lowest BCUT2D eigenvalue weighted by Crippen LogP contribution is -2.19. The molecule has 3 aromatic rings. The van der Waals surface area contributed by atoms with Crippen molar-refractivity contribution in [3.63, 3.8) is 0 Å². The maximum absolute atomic E-state index is 4.44. The lowest BCUT2D eigenvalue weighted by atomic mass is 10.2. The van der Waals surface area contributed by atoms with Gasteiger partial charge in [0.1, 0.15) is 0 Å². The van der Waals surface area contributed by atoms with Gasteiger partial charge in [-0.05, 0) is 12.5 Å². The molecule has 0 atom stereocenters. The third-order valence-corrected chi connectivity index (χ3v) is 3.12. The summed E-state index contributed by atoms with van der Waals surface area (Å²) in [5.74, 6) is 0.661. The van der Waals surface area contributed by atoms with Crippen LogP contribution in [-0.4, -0.2) is 37.4 Å². The number of aromatic amines is 2. The number of fused-ring (bicyclic) bond motifs is 1. The molecule has 0 bridgehead atoms. The maximum atomic E-state index is 4.44. The van der Waals surface area contributed by atoms with Gasteiger partial charge in [-0.25, -0.2) is 4.98 Å². The van der Waals surface area contributed by atoms with Crippen LogP contribution in [0.2, 0.25) is 0 Å². The first kappa shape index (κ1) is 12.6. The van der Waals surface area contributed by atoms with E-state index in [9.17, 15) is 0 Å². The summed E-state index contributed by atoms with van der Waals surface area (Å²) in [7, 11) is 1.96. The fraction of sp³-hybridized carbons (Fsp3) is 0.385. The van der Waals surface area contributed by atoms with Gasteiger partial charge in [-0.3, -0.25) is 10.2 Å². The Balaban J connectivity index is 1.75. The Morgan fingerprint density at radius 1 is 1.25 bits per heavy atom. The maximum Gasteiger partial charge on any atom is 0.227 e. The molecule has 7 heteroatoms. The van der Waals surface area contributed by atoms with Crippen molar-refractivity contribution < 1.29 is 0 Å². The van der Waals surface area contributed by atoms with Crippen molar-refractivity contribution >= 4 is 17.0 Å². The highest BCUT2D eigenvalue weighted by Crippen LogP contribution is 2.13. The average Bonchev–Trinajstić information content (AvgIpc) is 3.07. The summed E-state index contributed by atoms with van der Waals surface area (Å²) in [4.78, 5) is 10.8. The van der Waals surface area contributed by atoms with Crippen LogP contribution in [0, 0.1) is 0 Å². The molecule has 7 nitrogen and oxygen atoms in total.